The van der Waals surface area contributed by atoms with Gasteiger partial charge in [-0.15, -0.1) is 0 Å². The topological polar surface area (TPSA) is 114 Å². The third-order valence-electron chi connectivity index (χ3n) is 4.98. The summed E-state index contributed by atoms with van der Waals surface area (Å²) < 4.78 is 5.32. The predicted octanol–water partition coefficient (Wildman–Crippen LogP) is 4.46. The summed E-state index contributed by atoms with van der Waals surface area (Å²) in [5.41, 5.74) is 0.0115. The summed E-state index contributed by atoms with van der Waals surface area (Å²) in [6.45, 7) is -0.0286. The molecule has 1 N–H and O–H groups in total. The molecule has 0 spiro atoms. The highest BCUT2D eigenvalue weighted by Gasteiger charge is 2.47. The first kappa shape index (κ1) is 20.4. The Bertz CT molecular complexity index is 1220. The number of benzene rings is 2. The second-order valence-electron chi connectivity index (χ2n) is 6.84. The number of nitrogens with zero attached hydrogens (tertiary/aromatic N) is 2. The van der Waals surface area contributed by atoms with E-state index in [0.717, 1.165) is 6.07 Å². The first-order chi connectivity index (χ1) is 14.9. The maximum Gasteiger partial charge on any atom is 0.296 e. The normalized spacial score (nSPS) is 17.8. The molecule has 2 heterocycles. The second kappa shape index (κ2) is 8.08. The lowest BCUT2D eigenvalue weighted by Gasteiger charge is -2.25. The Labute approximate surface area is 181 Å². The van der Waals surface area contributed by atoms with Gasteiger partial charge in [0.15, 0.2) is 0 Å². The largest absolute Gasteiger partial charge is 0.507 e. The number of rotatable bonds is 5. The number of carbonyl (C=O) groups excluding carboxylic acids is 2. The van der Waals surface area contributed by atoms with Gasteiger partial charge in [-0.25, -0.2) is 0 Å². The van der Waals surface area contributed by atoms with Gasteiger partial charge in [-0.1, -0.05) is 41.9 Å². The first-order valence-electron chi connectivity index (χ1n) is 9.18. The number of furan rings is 1. The van der Waals surface area contributed by atoms with E-state index in [9.17, 15) is 24.8 Å². The molecule has 4 rings (SSSR count). The van der Waals surface area contributed by atoms with E-state index in [1.807, 2.05) is 0 Å². The average Bonchev–Trinajstić information content (AvgIpc) is 3.36. The van der Waals surface area contributed by atoms with Crippen molar-refractivity contribution in [3.63, 3.8) is 0 Å². The van der Waals surface area contributed by atoms with Crippen LogP contribution in [0.3, 0.4) is 0 Å². The third kappa shape index (κ3) is 3.69. The summed E-state index contributed by atoms with van der Waals surface area (Å²) in [5.74, 6) is -1.84. The number of likely N-dealkylation sites (tertiary alicyclic amines) is 1. The van der Waals surface area contributed by atoms with Crippen LogP contribution in [-0.4, -0.2) is 26.6 Å². The number of nitro groups is 1. The maximum absolute atomic E-state index is 13.0. The highest BCUT2D eigenvalue weighted by atomic mass is 35.5. The number of aliphatic hydroxyl groups is 1. The minimum Gasteiger partial charge on any atom is -0.507 e. The molecule has 0 unspecified atom stereocenters. The van der Waals surface area contributed by atoms with Crippen LogP contribution in [0.2, 0.25) is 5.02 Å². The number of carbonyl (C=O) groups is 2. The molecule has 8 nitrogen and oxygen atoms in total. The van der Waals surface area contributed by atoms with E-state index in [1.54, 1.807) is 36.4 Å². The number of ketones is 1. The van der Waals surface area contributed by atoms with Crippen LogP contribution < -0.4 is 0 Å². The molecule has 1 amide bonds. The van der Waals surface area contributed by atoms with Crippen molar-refractivity contribution in [2.75, 3.05) is 0 Å². The Hall–Kier alpha value is -3.91. The molecular formula is C22H15ClN2O6. The van der Waals surface area contributed by atoms with Crippen molar-refractivity contribution in [2.24, 2.45) is 0 Å². The fourth-order valence-corrected chi connectivity index (χ4v) is 3.80. The quantitative estimate of drug-likeness (QED) is 0.207. The van der Waals surface area contributed by atoms with Gasteiger partial charge in [0.2, 0.25) is 0 Å². The highest BCUT2D eigenvalue weighted by Crippen LogP contribution is 2.42. The predicted molar refractivity (Wildman–Crippen MR) is 111 cm³/mol. The number of halogens is 1. The average molecular weight is 439 g/mol. The van der Waals surface area contributed by atoms with Crippen molar-refractivity contribution in [3.05, 3.63) is 105 Å². The molecule has 3 aromatic rings. The van der Waals surface area contributed by atoms with Gasteiger partial charge in [-0.2, -0.15) is 0 Å². The summed E-state index contributed by atoms with van der Waals surface area (Å²) in [6.07, 6.45) is 1.44. The Kier molecular flexibility index (Phi) is 5.31. The monoisotopic (exact) mass is 438 g/mol. The zero-order chi connectivity index (χ0) is 22.1. The molecule has 0 saturated carbocycles. The van der Waals surface area contributed by atoms with E-state index < -0.39 is 28.4 Å². The van der Waals surface area contributed by atoms with E-state index in [1.165, 1.54) is 29.4 Å². The summed E-state index contributed by atoms with van der Waals surface area (Å²) in [6, 6.07) is 14.2. The van der Waals surface area contributed by atoms with E-state index in [-0.39, 0.29) is 23.4 Å². The Morgan fingerprint density at radius 2 is 1.90 bits per heavy atom. The molecule has 1 saturated heterocycles. The number of hydrogen-bond donors (Lipinski definition) is 1. The maximum atomic E-state index is 13.0. The van der Waals surface area contributed by atoms with Gasteiger partial charge in [-0.3, -0.25) is 19.7 Å². The lowest BCUT2D eigenvalue weighted by molar-refractivity contribution is -0.384. The molecule has 1 aliphatic heterocycles. The first-order valence-corrected chi connectivity index (χ1v) is 9.56. The fourth-order valence-electron chi connectivity index (χ4n) is 3.56. The number of hydrogen-bond acceptors (Lipinski definition) is 6. The number of Topliss-reactive ketones (excluding diaryl/α,β-unsaturated/α-hetero) is 1. The summed E-state index contributed by atoms with van der Waals surface area (Å²) in [5, 5.41) is 22.4. The van der Waals surface area contributed by atoms with Crippen molar-refractivity contribution < 1.29 is 24.0 Å². The molecule has 1 aromatic heterocycles. The number of non-ortho nitro benzene ring substituents is 1. The van der Waals surface area contributed by atoms with Gasteiger partial charge in [0.05, 0.1) is 29.3 Å². The SMILES string of the molecule is O=C1C(=O)N(Cc2ccco2)[C@@H](c2ccccc2Cl)/C1=C(\O)c1cccc([N+](=O)[O-])c1. The Balaban J connectivity index is 1.90. The van der Waals surface area contributed by atoms with E-state index >= 15 is 0 Å². The van der Waals surface area contributed by atoms with Crippen molar-refractivity contribution >= 4 is 34.7 Å². The summed E-state index contributed by atoms with van der Waals surface area (Å²) in [4.78, 5) is 37.6. The second-order valence-corrected chi connectivity index (χ2v) is 7.24. The van der Waals surface area contributed by atoms with Crippen molar-refractivity contribution in [1.82, 2.24) is 4.90 Å². The fraction of sp³-hybridized carbons (Fsp3) is 0.0909. The molecule has 0 bridgehead atoms. The van der Waals surface area contributed by atoms with Crippen LogP contribution in [0.25, 0.3) is 5.76 Å². The molecule has 0 aliphatic carbocycles. The van der Waals surface area contributed by atoms with Crippen molar-refractivity contribution in [3.8, 4) is 0 Å². The van der Waals surface area contributed by atoms with Gasteiger partial charge in [0.1, 0.15) is 11.5 Å². The molecule has 156 valence electrons. The lowest BCUT2D eigenvalue weighted by atomic mass is 9.95. The van der Waals surface area contributed by atoms with Gasteiger partial charge in [-0.05, 0) is 23.8 Å². The zero-order valence-electron chi connectivity index (χ0n) is 15.9. The van der Waals surface area contributed by atoms with Crippen LogP contribution in [0.1, 0.15) is 22.9 Å². The molecule has 1 fully saturated rings. The van der Waals surface area contributed by atoms with E-state index in [2.05, 4.69) is 0 Å². The third-order valence-corrected chi connectivity index (χ3v) is 5.32. The molecule has 31 heavy (non-hydrogen) atoms. The van der Waals surface area contributed by atoms with Crippen LogP contribution in [0.15, 0.2) is 76.9 Å². The van der Waals surface area contributed by atoms with Crippen LogP contribution in [-0.2, 0) is 16.1 Å². The lowest BCUT2D eigenvalue weighted by Crippen LogP contribution is -2.29. The number of amides is 1. The van der Waals surface area contributed by atoms with E-state index in [0.29, 0.717) is 16.3 Å². The smallest absolute Gasteiger partial charge is 0.296 e. The van der Waals surface area contributed by atoms with Crippen LogP contribution in [0.4, 0.5) is 5.69 Å². The molecule has 1 atom stereocenters. The molecule has 0 radical (unpaired) electrons. The molecule has 2 aromatic carbocycles. The minimum atomic E-state index is -1.00. The van der Waals surface area contributed by atoms with E-state index in [4.69, 9.17) is 16.0 Å². The van der Waals surface area contributed by atoms with Crippen LogP contribution in [0, 0.1) is 10.1 Å². The summed E-state index contributed by atoms with van der Waals surface area (Å²) >= 11 is 6.36. The minimum absolute atomic E-state index is 0.0286. The van der Waals surface area contributed by atoms with Gasteiger partial charge < -0.3 is 14.4 Å². The van der Waals surface area contributed by atoms with Gasteiger partial charge in [0.25, 0.3) is 17.4 Å². The van der Waals surface area contributed by atoms with Crippen LogP contribution >= 0.6 is 11.6 Å². The zero-order valence-corrected chi connectivity index (χ0v) is 16.7. The molecular weight excluding hydrogens is 424 g/mol. The van der Waals surface area contributed by atoms with Crippen molar-refractivity contribution in [2.45, 2.75) is 12.6 Å². The molecule has 9 heteroatoms. The standard InChI is InChI=1S/C22H15ClN2O6/c23-17-9-2-1-8-16(17)19-18(20(26)13-5-3-6-14(11-13)25(29)30)21(27)22(28)24(19)12-15-7-4-10-31-15/h1-11,19,26H,12H2/b20-18+/t19-/m0/s1. The number of nitro benzene ring substituents is 1. The Morgan fingerprint density at radius 3 is 2.58 bits per heavy atom. The molecule has 1 aliphatic rings. The number of aliphatic hydroxyl groups excluding tert-OH is 1. The van der Waals surface area contributed by atoms with Gasteiger partial charge >= 0.3 is 0 Å². The van der Waals surface area contributed by atoms with Crippen LogP contribution in [0.5, 0.6) is 0 Å². The highest BCUT2D eigenvalue weighted by molar-refractivity contribution is 6.46. The summed E-state index contributed by atoms with van der Waals surface area (Å²) in [7, 11) is 0. The van der Waals surface area contributed by atoms with Crippen molar-refractivity contribution in [1.29, 1.82) is 0 Å². The Morgan fingerprint density at radius 1 is 1.13 bits per heavy atom. The van der Waals surface area contributed by atoms with Gasteiger partial charge in [0, 0.05) is 22.7 Å².